The molecule has 31 heavy (non-hydrogen) atoms. The highest BCUT2D eigenvalue weighted by molar-refractivity contribution is 4.83. The molecule has 0 amide bonds. The summed E-state index contributed by atoms with van der Waals surface area (Å²) in [6.45, 7) is 0. The predicted octanol–water partition coefficient (Wildman–Crippen LogP) is -0.457. The van der Waals surface area contributed by atoms with Gasteiger partial charge < -0.3 is 51.1 Å². The van der Waals surface area contributed by atoms with Crippen LogP contribution in [0.1, 0.15) is 96.3 Å². The van der Waals surface area contributed by atoms with Crippen molar-refractivity contribution in [1.29, 1.82) is 0 Å². The Labute approximate surface area is 184 Å². The van der Waals surface area contributed by atoms with Gasteiger partial charge in [-0.2, -0.15) is 0 Å². The molecule has 10 heteroatoms. The van der Waals surface area contributed by atoms with Gasteiger partial charge in [-0.1, -0.05) is 0 Å². The van der Waals surface area contributed by atoms with Crippen LogP contribution in [0.5, 0.6) is 0 Å². The molecule has 188 valence electrons. The van der Waals surface area contributed by atoms with E-state index in [0.29, 0.717) is 70.6 Å². The van der Waals surface area contributed by atoms with E-state index in [2.05, 4.69) is 0 Å². The van der Waals surface area contributed by atoms with E-state index in [1.165, 1.54) is 0 Å². The number of hydrogen-bond donors (Lipinski definition) is 10. The lowest BCUT2D eigenvalue weighted by Crippen LogP contribution is -2.33. The van der Waals surface area contributed by atoms with Crippen molar-refractivity contribution < 1.29 is 51.1 Å². The minimum absolute atomic E-state index is 0.113. The summed E-state index contributed by atoms with van der Waals surface area (Å²) < 4.78 is 0. The first-order valence-corrected chi connectivity index (χ1v) is 11.3. The molecule has 0 aromatic heterocycles. The zero-order valence-corrected chi connectivity index (χ0v) is 18.4. The van der Waals surface area contributed by atoms with E-state index in [-0.39, 0.29) is 25.7 Å². The average molecular weight is 457 g/mol. The van der Waals surface area contributed by atoms with Crippen molar-refractivity contribution in [3.05, 3.63) is 0 Å². The van der Waals surface area contributed by atoms with Gasteiger partial charge in [-0.3, -0.25) is 0 Å². The van der Waals surface area contributed by atoms with Crippen LogP contribution in [0, 0.1) is 0 Å². The summed E-state index contributed by atoms with van der Waals surface area (Å²) in [7, 11) is 0. The molecule has 0 bridgehead atoms. The van der Waals surface area contributed by atoms with Gasteiger partial charge in [0.05, 0.1) is 11.2 Å². The topological polar surface area (TPSA) is 202 Å². The maximum atomic E-state index is 11.0. The first kappa shape index (κ1) is 30.6. The fourth-order valence-electron chi connectivity index (χ4n) is 3.95. The van der Waals surface area contributed by atoms with Gasteiger partial charge in [-0.25, -0.2) is 0 Å². The normalized spacial score (nSPS) is 13.4. The van der Waals surface area contributed by atoms with Crippen LogP contribution in [0.3, 0.4) is 0 Å². The lowest BCUT2D eigenvalue weighted by atomic mass is 9.81. The van der Waals surface area contributed by atoms with E-state index in [9.17, 15) is 10.2 Å². The van der Waals surface area contributed by atoms with Crippen molar-refractivity contribution in [3.8, 4) is 0 Å². The molecule has 0 aromatic rings. The van der Waals surface area contributed by atoms with Gasteiger partial charge in [0.15, 0.2) is 25.2 Å². The molecule has 0 rings (SSSR count). The van der Waals surface area contributed by atoms with Crippen molar-refractivity contribution in [2.24, 2.45) is 0 Å². The first-order chi connectivity index (χ1) is 14.4. The second kappa shape index (κ2) is 16.2. The third kappa shape index (κ3) is 17.8. The van der Waals surface area contributed by atoms with E-state index in [1.54, 1.807) is 0 Å². The molecule has 0 aliphatic carbocycles. The monoisotopic (exact) mass is 456 g/mol. The number of hydrogen-bond acceptors (Lipinski definition) is 10. The van der Waals surface area contributed by atoms with Gasteiger partial charge >= 0.3 is 0 Å². The molecule has 0 spiro atoms. The highest BCUT2D eigenvalue weighted by Crippen LogP contribution is 2.32. The summed E-state index contributed by atoms with van der Waals surface area (Å²) >= 11 is 0. The van der Waals surface area contributed by atoms with Crippen LogP contribution < -0.4 is 0 Å². The van der Waals surface area contributed by atoms with Crippen LogP contribution in [0.2, 0.25) is 0 Å². The van der Waals surface area contributed by atoms with Crippen LogP contribution in [-0.2, 0) is 0 Å². The lowest BCUT2D eigenvalue weighted by Gasteiger charge is -2.33. The Bertz CT molecular complexity index is 362. The Hall–Kier alpha value is -0.400. The summed E-state index contributed by atoms with van der Waals surface area (Å²) in [4.78, 5) is 0. The van der Waals surface area contributed by atoms with Gasteiger partial charge in [0, 0.05) is 0 Å². The Balaban J connectivity index is 4.84. The molecule has 0 radical (unpaired) electrons. The maximum absolute atomic E-state index is 11.0. The minimum atomic E-state index is -1.46. The molecule has 0 atom stereocenters. The summed E-state index contributed by atoms with van der Waals surface area (Å²) in [5.74, 6) is 0. The van der Waals surface area contributed by atoms with E-state index in [1.807, 2.05) is 0 Å². The fourth-order valence-corrected chi connectivity index (χ4v) is 3.95. The van der Waals surface area contributed by atoms with Crippen molar-refractivity contribution >= 4 is 0 Å². The molecule has 0 aromatic carbocycles. The molecule has 0 saturated carbocycles. The quantitative estimate of drug-likeness (QED) is 0.107. The van der Waals surface area contributed by atoms with Crippen molar-refractivity contribution in [3.63, 3.8) is 0 Å². The highest BCUT2D eigenvalue weighted by atomic mass is 16.5. The zero-order valence-electron chi connectivity index (χ0n) is 18.4. The molecule has 0 fully saturated rings. The van der Waals surface area contributed by atoms with Gasteiger partial charge in [-0.15, -0.1) is 0 Å². The van der Waals surface area contributed by atoms with Crippen LogP contribution in [0.4, 0.5) is 0 Å². The molecule has 0 saturated heterocycles. The average Bonchev–Trinajstić information content (AvgIpc) is 2.60. The second-order valence-corrected chi connectivity index (χ2v) is 8.79. The van der Waals surface area contributed by atoms with E-state index in [0.717, 1.165) is 0 Å². The number of aliphatic hydroxyl groups excluding tert-OH is 4. The van der Waals surface area contributed by atoms with E-state index >= 15 is 0 Å². The van der Waals surface area contributed by atoms with Gasteiger partial charge in [0.1, 0.15) is 0 Å². The molecule has 10 N–H and O–H groups in total. The lowest BCUT2D eigenvalue weighted by molar-refractivity contribution is -0.0639. The molecule has 0 aliphatic heterocycles. The molecular formula is C21H44O10. The zero-order chi connectivity index (χ0) is 23.9. The van der Waals surface area contributed by atoms with Gasteiger partial charge in [0.25, 0.3) is 0 Å². The number of rotatable bonds is 20. The highest BCUT2D eigenvalue weighted by Gasteiger charge is 2.30. The minimum Gasteiger partial charge on any atom is -0.390 e. The summed E-state index contributed by atoms with van der Waals surface area (Å²) in [6.07, 6.45) is -1.58. The summed E-state index contributed by atoms with van der Waals surface area (Å²) in [6, 6.07) is 0. The molecule has 0 aliphatic rings. The maximum Gasteiger partial charge on any atom is 0.151 e. The largest absolute Gasteiger partial charge is 0.390 e. The third-order valence-corrected chi connectivity index (χ3v) is 5.70. The molecular weight excluding hydrogens is 412 g/mol. The standard InChI is InChI=1S/C21H44O10/c22-16(23)6-1-10-20(30,11-2-7-17(24)25)14-5-15-21(31,12-3-8-18(26)27)13-4-9-19(28)29/h16-19,22-31H,1-15H2. The Morgan fingerprint density at radius 3 is 0.742 bits per heavy atom. The Kier molecular flexibility index (Phi) is 16.0. The fraction of sp³-hybridized carbons (Fsp3) is 1.00. The van der Waals surface area contributed by atoms with Gasteiger partial charge in [0.2, 0.25) is 0 Å². The van der Waals surface area contributed by atoms with Crippen LogP contribution in [-0.4, -0.2) is 87.4 Å². The molecule has 0 heterocycles. The van der Waals surface area contributed by atoms with Crippen LogP contribution in [0.25, 0.3) is 0 Å². The molecule has 0 unspecified atom stereocenters. The van der Waals surface area contributed by atoms with Crippen molar-refractivity contribution in [1.82, 2.24) is 0 Å². The van der Waals surface area contributed by atoms with Gasteiger partial charge in [-0.05, 0) is 96.3 Å². The summed E-state index contributed by atoms with van der Waals surface area (Å²) in [5.41, 5.74) is -2.29. The summed E-state index contributed by atoms with van der Waals surface area (Å²) in [5, 5.41) is 94.2. The smallest absolute Gasteiger partial charge is 0.151 e. The van der Waals surface area contributed by atoms with Crippen LogP contribution >= 0.6 is 0 Å². The van der Waals surface area contributed by atoms with Crippen LogP contribution in [0.15, 0.2) is 0 Å². The van der Waals surface area contributed by atoms with E-state index < -0.39 is 36.4 Å². The Morgan fingerprint density at radius 1 is 0.355 bits per heavy atom. The first-order valence-electron chi connectivity index (χ1n) is 11.3. The predicted molar refractivity (Wildman–Crippen MR) is 112 cm³/mol. The number of aliphatic hydroxyl groups is 10. The van der Waals surface area contributed by atoms with Crippen molar-refractivity contribution in [2.45, 2.75) is 133 Å². The molecule has 10 nitrogen and oxygen atoms in total. The third-order valence-electron chi connectivity index (χ3n) is 5.70. The van der Waals surface area contributed by atoms with Crippen molar-refractivity contribution in [2.75, 3.05) is 0 Å². The van der Waals surface area contributed by atoms with E-state index in [4.69, 9.17) is 40.9 Å². The second-order valence-electron chi connectivity index (χ2n) is 8.79. The Morgan fingerprint density at radius 2 is 0.548 bits per heavy atom. The SMILES string of the molecule is OC(O)CCCC(O)(CCCC(O)O)CCCC(O)(CCCC(O)O)CCCC(O)O.